The van der Waals surface area contributed by atoms with Crippen molar-refractivity contribution in [2.24, 2.45) is 0 Å². The summed E-state index contributed by atoms with van der Waals surface area (Å²) < 4.78 is 5.14. The maximum absolute atomic E-state index is 12.0. The second kappa shape index (κ2) is 6.54. The fourth-order valence-corrected chi connectivity index (χ4v) is 2.38. The lowest BCUT2D eigenvalue weighted by Crippen LogP contribution is -2.30. The second-order valence-corrected chi connectivity index (χ2v) is 5.26. The number of nitrogens with zero attached hydrogens (tertiary/aromatic N) is 1. The van der Waals surface area contributed by atoms with Crippen molar-refractivity contribution in [3.8, 4) is 0 Å². The fourth-order valence-electron chi connectivity index (χ4n) is 2.38. The molecule has 0 aliphatic rings. The number of anilines is 1. The van der Waals surface area contributed by atoms with Gasteiger partial charge in [-0.2, -0.15) is 0 Å². The first-order valence-corrected chi connectivity index (χ1v) is 7.00. The Morgan fingerprint density at radius 3 is 2.71 bits per heavy atom. The minimum absolute atomic E-state index is 0.0134. The van der Waals surface area contributed by atoms with Crippen molar-refractivity contribution in [1.29, 1.82) is 0 Å². The molecule has 1 amide bonds. The van der Waals surface area contributed by atoms with Gasteiger partial charge in [-0.1, -0.05) is 17.3 Å². The molecule has 1 unspecified atom stereocenters. The summed E-state index contributed by atoms with van der Waals surface area (Å²) in [5.74, 6) is 0.714. The van der Waals surface area contributed by atoms with Crippen molar-refractivity contribution in [3.05, 3.63) is 46.8 Å². The van der Waals surface area contributed by atoms with Gasteiger partial charge in [-0.15, -0.1) is 0 Å². The SMILES string of the molecule is Cc1cccc(NC(=O)CNC(C)c2c(C)noc2C)c1. The zero-order valence-corrected chi connectivity index (χ0v) is 12.9. The van der Waals surface area contributed by atoms with E-state index in [0.717, 1.165) is 28.3 Å². The Morgan fingerprint density at radius 2 is 2.10 bits per heavy atom. The maximum Gasteiger partial charge on any atom is 0.238 e. The Balaban J connectivity index is 1.89. The van der Waals surface area contributed by atoms with E-state index in [0.29, 0.717) is 0 Å². The third-order valence-corrected chi connectivity index (χ3v) is 3.39. The Labute approximate surface area is 124 Å². The van der Waals surface area contributed by atoms with Crippen molar-refractivity contribution in [2.75, 3.05) is 11.9 Å². The molecule has 5 nitrogen and oxygen atoms in total. The Morgan fingerprint density at radius 1 is 1.33 bits per heavy atom. The van der Waals surface area contributed by atoms with Crippen LogP contribution in [0.4, 0.5) is 5.69 Å². The topological polar surface area (TPSA) is 67.2 Å². The van der Waals surface area contributed by atoms with Crippen molar-refractivity contribution in [2.45, 2.75) is 33.7 Å². The summed E-state index contributed by atoms with van der Waals surface area (Å²) in [7, 11) is 0. The first kappa shape index (κ1) is 15.3. The summed E-state index contributed by atoms with van der Waals surface area (Å²) in [5, 5.41) is 9.99. The van der Waals surface area contributed by atoms with E-state index in [-0.39, 0.29) is 18.5 Å². The quantitative estimate of drug-likeness (QED) is 0.887. The van der Waals surface area contributed by atoms with Crippen LogP contribution in [-0.2, 0) is 4.79 Å². The minimum Gasteiger partial charge on any atom is -0.361 e. The van der Waals surface area contributed by atoms with E-state index in [1.807, 2.05) is 52.0 Å². The average Bonchev–Trinajstić information content (AvgIpc) is 2.76. The molecule has 0 saturated heterocycles. The predicted molar refractivity (Wildman–Crippen MR) is 82.2 cm³/mol. The summed E-state index contributed by atoms with van der Waals surface area (Å²) in [6, 6.07) is 7.75. The van der Waals surface area contributed by atoms with Crippen LogP contribution in [0.2, 0.25) is 0 Å². The Bertz CT molecular complexity index is 615. The predicted octanol–water partition coefficient (Wildman–Crippen LogP) is 2.89. The van der Waals surface area contributed by atoms with Crippen molar-refractivity contribution < 1.29 is 9.32 Å². The monoisotopic (exact) mass is 287 g/mol. The van der Waals surface area contributed by atoms with Gasteiger partial charge in [0.15, 0.2) is 0 Å². The molecule has 0 bridgehead atoms. The number of aromatic nitrogens is 1. The number of aryl methyl sites for hydroxylation is 3. The summed E-state index contributed by atoms with van der Waals surface area (Å²) in [4.78, 5) is 12.0. The molecule has 0 aliphatic heterocycles. The van der Waals surface area contributed by atoms with Crippen LogP contribution in [0.1, 0.15) is 35.5 Å². The third-order valence-electron chi connectivity index (χ3n) is 3.39. The van der Waals surface area contributed by atoms with Gasteiger partial charge in [0.2, 0.25) is 5.91 Å². The molecule has 112 valence electrons. The first-order chi connectivity index (χ1) is 9.97. The van der Waals surface area contributed by atoms with Gasteiger partial charge in [-0.05, 0) is 45.4 Å². The molecule has 1 atom stereocenters. The van der Waals surface area contributed by atoms with E-state index < -0.39 is 0 Å². The molecular formula is C16H21N3O2. The number of amides is 1. The highest BCUT2D eigenvalue weighted by Gasteiger charge is 2.16. The molecule has 0 fully saturated rings. The van der Waals surface area contributed by atoms with Crippen LogP contribution in [0.5, 0.6) is 0 Å². The molecule has 2 aromatic rings. The van der Waals surface area contributed by atoms with Crippen LogP contribution in [0.15, 0.2) is 28.8 Å². The van der Waals surface area contributed by atoms with Gasteiger partial charge in [0.1, 0.15) is 5.76 Å². The number of rotatable bonds is 5. The molecule has 0 radical (unpaired) electrons. The van der Waals surface area contributed by atoms with E-state index in [1.165, 1.54) is 0 Å². The molecule has 2 rings (SSSR count). The van der Waals surface area contributed by atoms with Gasteiger partial charge < -0.3 is 15.2 Å². The van der Waals surface area contributed by atoms with Crippen LogP contribution in [0, 0.1) is 20.8 Å². The summed E-state index contributed by atoms with van der Waals surface area (Å²) in [6.45, 7) is 8.00. The van der Waals surface area contributed by atoms with Crippen LogP contribution >= 0.6 is 0 Å². The molecule has 1 heterocycles. The molecule has 0 spiro atoms. The maximum atomic E-state index is 12.0. The third kappa shape index (κ3) is 3.92. The van der Waals surface area contributed by atoms with Crippen molar-refractivity contribution >= 4 is 11.6 Å². The van der Waals surface area contributed by atoms with E-state index in [2.05, 4.69) is 15.8 Å². The molecule has 1 aromatic heterocycles. The van der Waals surface area contributed by atoms with Gasteiger partial charge in [0.05, 0.1) is 12.2 Å². The molecule has 0 saturated carbocycles. The first-order valence-electron chi connectivity index (χ1n) is 7.00. The van der Waals surface area contributed by atoms with Gasteiger partial charge in [-0.3, -0.25) is 4.79 Å². The molecule has 0 aliphatic carbocycles. The molecule has 2 N–H and O–H groups in total. The highest BCUT2D eigenvalue weighted by Crippen LogP contribution is 2.20. The lowest BCUT2D eigenvalue weighted by Gasteiger charge is -2.13. The van der Waals surface area contributed by atoms with Crippen LogP contribution < -0.4 is 10.6 Å². The number of carbonyl (C=O) groups excluding carboxylic acids is 1. The van der Waals surface area contributed by atoms with Gasteiger partial charge in [-0.25, -0.2) is 0 Å². The molecule has 21 heavy (non-hydrogen) atoms. The van der Waals surface area contributed by atoms with E-state index in [9.17, 15) is 4.79 Å². The lowest BCUT2D eigenvalue weighted by atomic mass is 10.1. The van der Waals surface area contributed by atoms with Crippen molar-refractivity contribution in [3.63, 3.8) is 0 Å². The van der Waals surface area contributed by atoms with Crippen LogP contribution in [-0.4, -0.2) is 17.6 Å². The zero-order chi connectivity index (χ0) is 15.4. The molecule has 1 aromatic carbocycles. The number of nitrogens with one attached hydrogen (secondary N) is 2. The smallest absolute Gasteiger partial charge is 0.238 e. The van der Waals surface area contributed by atoms with E-state index in [4.69, 9.17) is 4.52 Å². The van der Waals surface area contributed by atoms with Gasteiger partial charge in [0, 0.05) is 17.3 Å². The fraction of sp³-hybridized carbons (Fsp3) is 0.375. The van der Waals surface area contributed by atoms with Crippen LogP contribution in [0.25, 0.3) is 0 Å². The standard InChI is InChI=1S/C16H21N3O2/c1-10-6-5-7-14(8-10)18-15(20)9-17-11(2)16-12(3)19-21-13(16)4/h5-8,11,17H,9H2,1-4H3,(H,18,20). The molecule has 5 heteroatoms. The molecular weight excluding hydrogens is 266 g/mol. The highest BCUT2D eigenvalue weighted by atomic mass is 16.5. The highest BCUT2D eigenvalue weighted by molar-refractivity contribution is 5.92. The Kier molecular flexibility index (Phi) is 4.75. The largest absolute Gasteiger partial charge is 0.361 e. The van der Waals surface area contributed by atoms with E-state index in [1.54, 1.807) is 0 Å². The van der Waals surface area contributed by atoms with E-state index >= 15 is 0 Å². The second-order valence-electron chi connectivity index (χ2n) is 5.26. The zero-order valence-electron chi connectivity index (χ0n) is 12.9. The number of carbonyl (C=O) groups is 1. The summed E-state index contributed by atoms with van der Waals surface area (Å²) >= 11 is 0. The van der Waals surface area contributed by atoms with Gasteiger partial charge in [0.25, 0.3) is 0 Å². The van der Waals surface area contributed by atoms with Crippen molar-refractivity contribution in [1.82, 2.24) is 10.5 Å². The normalized spacial score (nSPS) is 12.2. The number of hydrogen-bond acceptors (Lipinski definition) is 4. The number of benzene rings is 1. The summed E-state index contributed by atoms with van der Waals surface area (Å²) in [5.41, 5.74) is 3.79. The lowest BCUT2D eigenvalue weighted by molar-refractivity contribution is -0.115. The number of hydrogen-bond donors (Lipinski definition) is 2. The summed E-state index contributed by atoms with van der Waals surface area (Å²) in [6.07, 6.45) is 0. The minimum atomic E-state index is -0.0702. The van der Waals surface area contributed by atoms with Crippen LogP contribution in [0.3, 0.4) is 0 Å². The van der Waals surface area contributed by atoms with Gasteiger partial charge >= 0.3 is 0 Å². The Hall–Kier alpha value is -2.14. The average molecular weight is 287 g/mol.